The fourth-order valence-electron chi connectivity index (χ4n) is 3.50. The lowest BCUT2D eigenvalue weighted by Crippen LogP contribution is -2.34. The van der Waals surface area contributed by atoms with Crippen LogP contribution in [0, 0.1) is 0 Å². The molecule has 30 heavy (non-hydrogen) atoms. The largest absolute Gasteiger partial charge is 0.493 e. The number of methoxy groups -OCH3 is 2. The number of alkyl halides is 3. The van der Waals surface area contributed by atoms with Gasteiger partial charge >= 0.3 is 12.3 Å². The number of cyclic esters (lactones) is 1. The maximum atomic E-state index is 13.0. The highest BCUT2D eigenvalue weighted by atomic mass is 19.4. The molecule has 5 nitrogen and oxygen atoms in total. The fraction of sp³-hybridized carbons (Fsp3) is 0.409. The molecule has 8 heteroatoms. The summed E-state index contributed by atoms with van der Waals surface area (Å²) in [5.41, 5.74) is 0.616. The van der Waals surface area contributed by atoms with Gasteiger partial charge in [-0.3, -0.25) is 0 Å². The van der Waals surface area contributed by atoms with E-state index in [-0.39, 0.29) is 12.6 Å². The molecule has 2 atom stereocenters. The van der Waals surface area contributed by atoms with E-state index in [1.807, 2.05) is 25.1 Å². The van der Waals surface area contributed by atoms with E-state index in [2.05, 4.69) is 0 Å². The van der Waals surface area contributed by atoms with Crippen LogP contribution in [0.2, 0.25) is 0 Å². The number of nitrogens with zero attached hydrogens (tertiary/aromatic N) is 1. The number of amides is 1. The van der Waals surface area contributed by atoms with Gasteiger partial charge in [0.05, 0.1) is 26.3 Å². The zero-order valence-electron chi connectivity index (χ0n) is 17.0. The molecule has 1 aliphatic rings. The molecule has 2 aromatic carbocycles. The van der Waals surface area contributed by atoms with Crippen molar-refractivity contribution >= 4 is 6.09 Å². The van der Waals surface area contributed by atoms with Crippen molar-refractivity contribution in [1.29, 1.82) is 0 Å². The Kier molecular flexibility index (Phi) is 6.43. The number of benzene rings is 2. The summed E-state index contributed by atoms with van der Waals surface area (Å²) >= 11 is 0. The van der Waals surface area contributed by atoms with Gasteiger partial charge in [0.1, 0.15) is 6.10 Å². The molecule has 3 rings (SSSR count). The first kappa shape index (κ1) is 21.8. The Morgan fingerprint density at radius 2 is 1.87 bits per heavy atom. The van der Waals surface area contributed by atoms with Crippen molar-refractivity contribution in [2.75, 3.05) is 20.8 Å². The highest BCUT2D eigenvalue weighted by Gasteiger charge is 2.37. The third kappa shape index (κ3) is 4.80. The van der Waals surface area contributed by atoms with Crippen LogP contribution in [0.15, 0.2) is 42.5 Å². The van der Waals surface area contributed by atoms with E-state index >= 15 is 0 Å². The molecule has 1 amide bonds. The number of hydrogen-bond donors (Lipinski definition) is 0. The number of rotatable bonds is 7. The lowest BCUT2D eigenvalue weighted by atomic mass is 10.0. The van der Waals surface area contributed by atoms with E-state index in [9.17, 15) is 18.0 Å². The van der Waals surface area contributed by atoms with Crippen molar-refractivity contribution < 1.29 is 32.2 Å². The molecule has 0 unspecified atom stereocenters. The Bertz CT molecular complexity index is 900. The van der Waals surface area contributed by atoms with Gasteiger partial charge < -0.3 is 19.1 Å². The van der Waals surface area contributed by atoms with Gasteiger partial charge in [-0.15, -0.1) is 0 Å². The molecular formula is C22H24F3NO4. The van der Waals surface area contributed by atoms with Crippen molar-refractivity contribution in [3.05, 3.63) is 59.2 Å². The summed E-state index contributed by atoms with van der Waals surface area (Å²) < 4.78 is 54.8. The molecule has 162 valence electrons. The summed E-state index contributed by atoms with van der Waals surface area (Å²) in [7, 11) is 3.14. The Hall–Kier alpha value is -2.90. The Morgan fingerprint density at radius 1 is 1.13 bits per heavy atom. The minimum atomic E-state index is -4.44. The van der Waals surface area contributed by atoms with Gasteiger partial charge in [-0.2, -0.15) is 13.2 Å². The lowest BCUT2D eigenvalue weighted by molar-refractivity contribution is -0.137. The number of halogens is 3. The van der Waals surface area contributed by atoms with Crippen molar-refractivity contribution in [3.63, 3.8) is 0 Å². The molecule has 0 aliphatic carbocycles. The standard InChI is InChI=1S/C22H24F3NO4/c1-14(7-8-15-9-10-18(28-2)19(11-15)29-3)26-13-20(30-21(26)27)16-5-4-6-17(12-16)22(23,24)25/h4-6,9-12,14,20H,7-8,13H2,1-3H3/t14-,20+/m1/s1. The first-order valence-corrected chi connectivity index (χ1v) is 9.58. The van der Waals surface area contributed by atoms with Crippen LogP contribution in [0.1, 0.15) is 36.1 Å². The monoisotopic (exact) mass is 423 g/mol. The average Bonchev–Trinajstić information content (AvgIpc) is 3.13. The molecule has 0 radical (unpaired) electrons. The Labute approximate surface area is 173 Å². The van der Waals surface area contributed by atoms with Gasteiger partial charge in [0.2, 0.25) is 0 Å². The average molecular weight is 423 g/mol. The van der Waals surface area contributed by atoms with E-state index in [1.54, 1.807) is 25.2 Å². The SMILES string of the molecule is COc1ccc(CC[C@@H](C)N2C[C@@H](c3cccc(C(F)(F)F)c3)OC2=O)cc1OC. The zero-order chi connectivity index (χ0) is 21.9. The predicted octanol–water partition coefficient (Wildman–Crippen LogP) is 5.24. The van der Waals surface area contributed by atoms with Gasteiger partial charge in [0.25, 0.3) is 0 Å². The Morgan fingerprint density at radius 3 is 2.53 bits per heavy atom. The number of carbonyl (C=O) groups is 1. The van der Waals surface area contributed by atoms with E-state index in [0.29, 0.717) is 29.9 Å². The van der Waals surface area contributed by atoms with Crippen LogP contribution in [-0.4, -0.2) is 37.8 Å². The van der Waals surface area contributed by atoms with E-state index in [0.717, 1.165) is 17.7 Å². The third-order valence-corrected chi connectivity index (χ3v) is 5.26. The maximum Gasteiger partial charge on any atom is 0.416 e. The molecule has 0 saturated carbocycles. The fourth-order valence-corrected chi connectivity index (χ4v) is 3.50. The normalized spacial score (nSPS) is 17.6. The first-order valence-electron chi connectivity index (χ1n) is 9.58. The predicted molar refractivity (Wildman–Crippen MR) is 105 cm³/mol. The van der Waals surface area contributed by atoms with Crippen LogP contribution in [-0.2, 0) is 17.3 Å². The van der Waals surface area contributed by atoms with Gasteiger partial charge in [0.15, 0.2) is 11.5 Å². The molecule has 2 aromatic rings. The molecule has 0 bridgehead atoms. The van der Waals surface area contributed by atoms with E-state index in [4.69, 9.17) is 14.2 Å². The minimum Gasteiger partial charge on any atom is -0.493 e. The smallest absolute Gasteiger partial charge is 0.416 e. The van der Waals surface area contributed by atoms with Crippen LogP contribution in [0.4, 0.5) is 18.0 Å². The minimum absolute atomic E-state index is 0.138. The molecule has 0 spiro atoms. The topological polar surface area (TPSA) is 48.0 Å². The molecule has 1 heterocycles. The van der Waals surface area contributed by atoms with Gasteiger partial charge in [0, 0.05) is 6.04 Å². The molecule has 0 aromatic heterocycles. The quantitative estimate of drug-likeness (QED) is 0.611. The molecule has 0 N–H and O–H groups in total. The van der Waals surface area contributed by atoms with Crippen LogP contribution in [0.5, 0.6) is 11.5 Å². The van der Waals surface area contributed by atoms with E-state index in [1.165, 1.54) is 6.07 Å². The van der Waals surface area contributed by atoms with E-state index < -0.39 is 23.9 Å². The summed E-state index contributed by atoms with van der Waals surface area (Å²) in [5, 5.41) is 0. The van der Waals surface area contributed by atoms with Crippen molar-refractivity contribution in [2.24, 2.45) is 0 Å². The maximum absolute atomic E-state index is 13.0. The van der Waals surface area contributed by atoms with Crippen LogP contribution < -0.4 is 9.47 Å². The van der Waals surface area contributed by atoms with Crippen LogP contribution in [0.3, 0.4) is 0 Å². The molecule has 1 fully saturated rings. The second-order valence-electron chi connectivity index (χ2n) is 7.23. The summed E-state index contributed by atoms with van der Waals surface area (Å²) in [6.45, 7) is 2.11. The highest BCUT2D eigenvalue weighted by molar-refractivity contribution is 5.70. The summed E-state index contributed by atoms with van der Waals surface area (Å²) in [6, 6.07) is 10.4. The highest BCUT2D eigenvalue weighted by Crippen LogP contribution is 2.34. The van der Waals surface area contributed by atoms with Crippen LogP contribution in [0.25, 0.3) is 0 Å². The second kappa shape index (κ2) is 8.85. The molecule has 1 saturated heterocycles. The van der Waals surface area contributed by atoms with Gasteiger partial charge in [-0.25, -0.2) is 4.79 Å². The van der Waals surface area contributed by atoms with Crippen molar-refractivity contribution in [2.45, 2.75) is 38.1 Å². The second-order valence-corrected chi connectivity index (χ2v) is 7.23. The van der Waals surface area contributed by atoms with Gasteiger partial charge in [-0.1, -0.05) is 18.2 Å². The Balaban J connectivity index is 1.64. The number of aryl methyl sites for hydroxylation is 1. The summed E-state index contributed by atoms with van der Waals surface area (Å²) in [4.78, 5) is 13.9. The summed E-state index contributed by atoms with van der Waals surface area (Å²) in [5.74, 6) is 1.27. The third-order valence-electron chi connectivity index (χ3n) is 5.26. The number of hydrogen-bond acceptors (Lipinski definition) is 4. The number of carbonyl (C=O) groups excluding carboxylic acids is 1. The first-order chi connectivity index (χ1) is 14.2. The van der Waals surface area contributed by atoms with Crippen molar-refractivity contribution in [1.82, 2.24) is 4.90 Å². The van der Waals surface area contributed by atoms with Crippen LogP contribution >= 0.6 is 0 Å². The van der Waals surface area contributed by atoms with Crippen molar-refractivity contribution in [3.8, 4) is 11.5 Å². The summed E-state index contributed by atoms with van der Waals surface area (Å²) in [6.07, 6.45) is -4.31. The number of ether oxygens (including phenoxy) is 3. The van der Waals surface area contributed by atoms with Gasteiger partial charge in [-0.05, 0) is 55.2 Å². The molecule has 1 aliphatic heterocycles. The lowest BCUT2D eigenvalue weighted by Gasteiger charge is -2.22. The molecular weight excluding hydrogens is 399 g/mol. The zero-order valence-corrected chi connectivity index (χ0v) is 17.0.